The maximum absolute atomic E-state index is 14.4. The number of piperidine rings is 1. The molecule has 1 saturated heterocycles. The summed E-state index contributed by atoms with van der Waals surface area (Å²) in [5, 5.41) is 5.91. The van der Waals surface area contributed by atoms with Crippen molar-refractivity contribution in [2.24, 2.45) is 0 Å². The number of likely N-dealkylation sites (N-methyl/N-ethyl adjacent to an activating group) is 3. The van der Waals surface area contributed by atoms with Crippen molar-refractivity contribution in [3.63, 3.8) is 0 Å². The topological polar surface area (TPSA) is 73.4 Å². The van der Waals surface area contributed by atoms with Crippen LogP contribution in [-0.4, -0.2) is 89.6 Å². The number of hydrogen-bond donors (Lipinski definition) is 0. The fourth-order valence-corrected chi connectivity index (χ4v) is 5.59. The van der Waals surface area contributed by atoms with Crippen molar-refractivity contribution >= 4 is 28.7 Å². The van der Waals surface area contributed by atoms with E-state index in [-0.39, 0.29) is 18.2 Å². The first-order valence-electron chi connectivity index (χ1n) is 15.2. The molecule has 0 aromatic heterocycles. The van der Waals surface area contributed by atoms with Gasteiger partial charge < -0.3 is 9.64 Å². The number of hydrazine groups is 1. The molecule has 3 aromatic carbocycles. The van der Waals surface area contributed by atoms with Gasteiger partial charge in [0.05, 0.1) is 0 Å². The van der Waals surface area contributed by atoms with Crippen molar-refractivity contribution in [3.8, 4) is 0 Å². The molecule has 0 saturated carbocycles. The Morgan fingerprint density at radius 3 is 1.95 bits per heavy atom. The lowest BCUT2D eigenvalue weighted by Crippen LogP contribution is -2.58. The highest BCUT2D eigenvalue weighted by Crippen LogP contribution is 2.22. The number of rotatable bonds is 9. The van der Waals surface area contributed by atoms with Gasteiger partial charge in [-0.1, -0.05) is 79.2 Å². The van der Waals surface area contributed by atoms with Crippen molar-refractivity contribution in [1.29, 1.82) is 0 Å². The predicted molar refractivity (Wildman–Crippen MR) is 170 cm³/mol. The maximum Gasteiger partial charge on any atom is 0.410 e. The molecule has 3 aromatic rings. The Morgan fingerprint density at radius 1 is 0.721 bits per heavy atom. The molecule has 1 fully saturated rings. The van der Waals surface area contributed by atoms with Crippen molar-refractivity contribution < 1.29 is 19.1 Å². The molecule has 1 aliphatic heterocycles. The third kappa shape index (κ3) is 8.35. The van der Waals surface area contributed by atoms with Crippen LogP contribution >= 0.6 is 0 Å². The van der Waals surface area contributed by atoms with Crippen LogP contribution in [-0.2, 0) is 27.2 Å². The molecule has 0 radical (unpaired) electrons. The molecule has 2 unspecified atom stereocenters. The molecule has 2 atom stereocenters. The van der Waals surface area contributed by atoms with Gasteiger partial charge in [0.15, 0.2) is 0 Å². The van der Waals surface area contributed by atoms with Crippen LogP contribution in [0.4, 0.5) is 4.79 Å². The van der Waals surface area contributed by atoms with Gasteiger partial charge in [0.2, 0.25) is 5.91 Å². The second-order valence-electron chi connectivity index (χ2n) is 12.5. The van der Waals surface area contributed by atoms with E-state index in [2.05, 4.69) is 11.1 Å². The Labute approximate surface area is 256 Å². The minimum absolute atomic E-state index is 0.147. The van der Waals surface area contributed by atoms with Crippen LogP contribution in [0.2, 0.25) is 0 Å². The van der Waals surface area contributed by atoms with Crippen molar-refractivity contribution in [3.05, 3.63) is 83.9 Å². The summed E-state index contributed by atoms with van der Waals surface area (Å²) in [6, 6.07) is 22.2. The zero-order valence-corrected chi connectivity index (χ0v) is 26.5. The number of benzene rings is 3. The van der Waals surface area contributed by atoms with E-state index < -0.39 is 23.8 Å². The zero-order chi connectivity index (χ0) is 31.1. The van der Waals surface area contributed by atoms with E-state index in [9.17, 15) is 14.4 Å². The molecule has 0 aliphatic carbocycles. The first-order chi connectivity index (χ1) is 20.4. The second kappa shape index (κ2) is 14.0. The van der Waals surface area contributed by atoms with E-state index in [1.807, 2.05) is 66.7 Å². The van der Waals surface area contributed by atoms with E-state index in [0.717, 1.165) is 54.3 Å². The SMILES string of the molecule is CN(C(=O)OC(C)(C)C)C(Cc1ccc2ccccc2c1)C(=O)N(C)C(Cc1ccccc1)C(=O)N(C)N1CCCCC1. The van der Waals surface area contributed by atoms with Crippen LogP contribution in [0.1, 0.15) is 51.2 Å². The summed E-state index contributed by atoms with van der Waals surface area (Å²) < 4.78 is 5.67. The minimum atomic E-state index is -0.882. The van der Waals surface area contributed by atoms with E-state index in [4.69, 9.17) is 4.74 Å². The Kier molecular flexibility index (Phi) is 10.5. The van der Waals surface area contributed by atoms with Gasteiger partial charge >= 0.3 is 6.09 Å². The fourth-order valence-electron chi connectivity index (χ4n) is 5.59. The van der Waals surface area contributed by atoms with Crippen LogP contribution in [0.15, 0.2) is 72.8 Å². The molecule has 0 bridgehead atoms. The summed E-state index contributed by atoms with van der Waals surface area (Å²) in [4.78, 5) is 44.7. The van der Waals surface area contributed by atoms with Crippen LogP contribution in [0.3, 0.4) is 0 Å². The number of amides is 3. The first-order valence-corrected chi connectivity index (χ1v) is 15.2. The quantitative estimate of drug-likeness (QED) is 0.329. The Balaban J connectivity index is 1.67. The largest absolute Gasteiger partial charge is 0.444 e. The van der Waals surface area contributed by atoms with Gasteiger partial charge in [-0.3, -0.25) is 19.5 Å². The van der Waals surface area contributed by atoms with Crippen LogP contribution < -0.4 is 0 Å². The molecular formula is C35H46N4O4. The lowest BCUT2D eigenvalue weighted by molar-refractivity contribution is -0.157. The fraction of sp³-hybridized carbons (Fsp3) is 0.457. The van der Waals surface area contributed by atoms with Gasteiger partial charge in [-0.25, -0.2) is 9.80 Å². The highest BCUT2D eigenvalue weighted by atomic mass is 16.6. The van der Waals surface area contributed by atoms with E-state index in [1.54, 1.807) is 46.9 Å². The highest BCUT2D eigenvalue weighted by molar-refractivity contribution is 5.91. The number of ether oxygens (including phenoxy) is 1. The minimum Gasteiger partial charge on any atom is -0.444 e. The lowest BCUT2D eigenvalue weighted by atomic mass is 9.98. The Bertz CT molecular complexity index is 1400. The van der Waals surface area contributed by atoms with Crippen molar-refractivity contribution in [1.82, 2.24) is 19.8 Å². The number of hydrogen-bond acceptors (Lipinski definition) is 5. The standard InChI is InChI=1S/C35H46N4O4/c1-35(2,3)43-34(42)37(5)30(25-27-19-20-28-17-11-12-18-29(28)23-27)32(40)36(4)31(24-26-15-9-7-10-16-26)33(41)38(6)39-21-13-8-14-22-39/h7,9-12,15-20,23,30-31H,8,13-14,21-22,24-25H2,1-6H3. The number of carbonyl (C=O) groups excluding carboxylic acids is 3. The second-order valence-corrected chi connectivity index (χ2v) is 12.5. The maximum atomic E-state index is 14.4. The zero-order valence-electron chi connectivity index (χ0n) is 26.5. The summed E-state index contributed by atoms with van der Waals surface area (Å²) in [6.07, 6.45) is 3.26. The average molecular weight is 587 g/mol. The predicted octanol–water partition coefficient (Wildman–Crippen LogP) is 5.55. The van der Waals surface area contributed by atoms with Gasteiger partial charge in [0.25, 0.3) is 5.91 Å². The smallest absolute Gasteiger partial charge is 0.410 e. The highest BCUT2D eigenvalue weighted by Gasteiger charge is 2.38. The summed E-state index contributed by atoms with van der Waals surface area (Å²) in [5.74, 6) is -0.464. The van der Waals surface area contributed by atoms with Crippen molar-refractivity contribution in [2.75, 3.05) is 34.2 Å². The van der Waals surface area contributed by atoms with Gasteiger partial charge in [-0.2, -0.15) is 0 Å². The van der Waals surface area contributed by atoms with Crippen LogP contribution in [0.25, 0.3) is 10.8 Å². The molecule has 3 amide bonds. The summed E-state index contributed by atoms with van der Waals surface area (Å²) >= 11 is 0. The molecule has 4 rings (SSSR count). The van der Waals surface area contributed by atoms with E-state index >= 15 is 0 Å². The van der Waals surface area contributed by atoms with Crippen LogP contribution in [0, 0.1) is 0 Å². The Morgan fingerprint density at radius 2 is 1.30 bits per heavy atom. The van der Waals surface area contributed by atoms with E-state index in [1.165, 1.54) is 9.80 Å². The normalized spacial score (nSPS) is 15.4. The van der Waals surface area contributed by atoms with Gasteiger partial charge in [-0.05, 0) is 55.5 Å². The summed E-state index contributed by atoms with van der Waals surface area (Å²) in [7, 11) is 5.07. The molecule has 0 N–H and O–H groups in total. The van der Waals surface area contributed by atoms with Gasteiger partial charge in [-0.15, -0.1) is 0 Å². The van der Waals surface area contributed by atoms with Crippen LogP contribution in [0.5, 0.6) is 0 Å². The van der Waals surface area contributed by atoms with E-state index in [0.29, 0.717) is 6.42 Å². The molecule has 8 nitrogen and oxygen atoms in total. The molecule has 8 heteroatoms. The first kappa shape index (κ1) is 32.0. The van der Waals surface area contributed by atoms with Gasteiger partial charge in [0.1, 0.15) is 17.7 Å². The van der Waals surface area contributed by atoms with Crippen molar-refractivity contribution in [2.45, 2.75) is 70.6 Å². The summed E-state index contributed by atoms with van der Waals surface area (Å²) in [5.41, 5.74) is 1.15. The number of nitrogens with zero attached hydrogens (tertiary/aromatic N) is 4. The third-order valence-corrected chi connectivity index (χ3v) is 8.12. The molecule has 230 valence electrons. The molecule has 43 heavy (non-hydrogen) atoms. The molecular weight excluding hydrogens is 540 g/mol. The van der Waals surface area contributed by atoms with Gasteiger partial charge in [0, 0.05) is 47.1 Å². The Hall–Kier alpha value is -3.91. The monoisotopic (exact) mass is 586 g/mol. The average Bonchev–Trinajstić information content (AvgIpc) is 3.00. The third-order valence-electron chi connectivity index (χ3n) is 8.12. The summed E-state index contributed by atoms with van der Waals surface area (Å²) in [6.45, 7) is 7.02. The molecule has 1 aliphatic rings. The molecule has 0 spiro atoms. The number of fused-ring (bicyclic) bond motifs is 1. The molecule has 1 heterocycles. The lowest BCUT2D eigenvalue weighted by Gasteiger charge is -2.40. The number of carbonyl (C=O) groups is 3.